The lowest BCUT2D eigenvalue weighted by atomic mass is 10.2. The number of urea groups is 1. The number of carbonyl (C=O) groups excluding carboxylic acids is 1. The van der Waals surface area contributed by atoms with Crippen molar-refractivity contribution in [3.8, 4) is 6.07 Å². The molecule has 0 saturated carbocycles. The van der Waals surface area contributed by atoms with Gasteiger partial charge in [0.15, 0.2) is 0 Å². The zero-order valence-electron chi connectivity index (χ0n) is 9.65. The molecule has 0 aliphatic carbocycles. The number of nitrogens with zero attached hydrogens (tertiary/aromatic N) is 2. The average Bonchev–Trinajstić information content (AvgIpc) is 2.40. The standard InChI is InChI=1S/C12H12FN3O2/c13-10-2-1-3-11(9(10)8-14)15-12(17)16-4-6-18-7-5-16/h1-3H,4-7H2,(H,15,17). The first-order valence-electron chi connectivity index (χ1n) is 5.54. The van der Waals surface area contributed by atoms with Gasteiger partial charge in [0.1, 0.15) is 17.4 Å². The third-order valence-electron chi connectivity index (χ3n) is 2.67. The zero-order valence-corrected chi connectivity index (χ0v) is 9.65. The number of nitriles is 1. The first-order valence-corrected chi connectivity index (χ1v) is 5.54. The molecule has 2 rings (SSSR count). The molecule has 1 fully saturated rings. The molecule has 2 amide bonds. The van der Waals surface area contributed by atoms with Crippen LogP contribution in [0.1, 0.15) is 5.56 Å². The number of benzene rings is 1. The van der Waals surface area contributed by atoms with Crippen LogP contribution in [0.25, 0.3) is 0 Å². The molecular formula is C12H12FN3O2. The Labute approximate surface area is 104 Å². The van der Waals surface area contributed by atoms with E-state index in [1.165, 1.54) is 18.2 Å². The smallest absolute Gasteiger partial charge is 0.322 e. The number of ether oxygens (including phenoxy) is 1. The average molecular weight is 249 g/mol. The van der Waals surface area contributed by atoms with Crippen LogP contribution in [0.2, 0.25) is 0 Å². The van der Waals surface area contributed by atoms with Crippen LogP contribution >= 0.6 is 0 Å². The molecule has 0 atom stereocenters. The Hall–Kier alpha value is -2.13. The van der Waals surface area contributed by atoms with Crippen LogP contribution in [-0.2, 0) is 4.74 Å². The third-order valence-corrected chi connectivity index (χ3v) is 2.67. The van der Waals surface area contributed by atoms with Crippen molar-refractivity contribution in [1.82, 2.24) is 4.90 Å². The molecule has 0 spiro atoms. The van der Waals surface area contributed by atoms with Crippen molar-refractivity contribution in [2.24, 2.45) is 0 Å². The van der Waals surface area contributed by atoms with Gasteiger partial charge in [0.2, 0.25) is 0 Å². The third kappa shape index (κ3) is 2.57. The fraction of sp³-hybridized carbons (Fsp3) is 0.333. The topological polar surface area (TPSA) is 65.4 Å². The van der Waals surface area contributed by atoms with Crippen molar-refractivity contribution in [3.05, 3.63) is 29.6 Å². The summed E-state index contributed by atoms with van der Waals surface area (Å²) in [4.78, 5) is 13.4. The summed E-state index contributed by atoms with van der Waals surface area (Å²) >= 11 is 0. The SMILES string of the molecule is N#Cc1c(F)cccc1NC(=O)N1CCOCC1. The van der Waals surface area contributed by atoms with E-state index < -0.39 is 5.82 Å². The van der Waals surface area contributed by atoms with Gasteiger partial charge in [-0.1, -0.05) is 6.07 Å². The second-order valence-corrected chi connectivity index (χ2v) is 3.80. The van der Waals surface area contributed by atoms with Crippen molar-refractivity contribution in [2.75, 3.05) is 31.6 Å². The lowest BCUT2D eigenvalue weighted by Crippen LogP contribution is -2.43. The fourth-order valence-electron chi connectivity index (χ4n) is 1.70. The molecule has 1 N–H and O–H groups in total. The number of hydrogen-bond donors (Lipinski definition) is 1. The maximum atomic E-state index is 13.3. The van der Waals surface area contributed by atoms with Crippen LogP contribution in [0.3, 0.4) is 0 Å². The highest BCUT2D eigenvalue weighted by Gasteiger charge is 2.18. The summed E-state index contributed by atoms with van der Waals surface area (Å²) in [6, 6.07) is 5.53. The molecular weight excluding hydrogens is 237 g/mol. The molecule has 6 heteroatoms. The minimum Gasteiger partial charge on any atom is -0.378 e. The lowest BCUT2D eigenvalue weighted by molar-refractivity contribution is 0.0564. The second kappa shape index (κ2) is 5.47. The Morgan fingerprint density at radius 2 is 2.17 bits per heavy atom. The maximum absolute atomic E-state index is 13.3. The van der Waals surface area contributed by atoms with Gasteiger partial charge < -0.3 is 15.0 Å². The van der Waals surface area contributed by atoms with Crippen molar-refractivity contribution in [3.63, 3.8) is 0 Å². The monoisotopic (exact) mass is 249 g/mol. The number of hydrogen-bond acceptors (Lipinski definition) is 3. The van der Waals surface area contributed by atoms with Crippen molar-refractivity contribution in [2.45, 2.75) is 0 Å². The van der Waals surface area contributed by atoms with Crippen LogP contribution < -0.4 is 5.32 Å². The number of nitrogens with one attached hydrogen (secondary N) is 1. The number of amides is 2. The Balaban J connectivity index is 2.12. The largest absolute Gasteiger partial charge is 0.378 e. The van der Waals surface area contributed by atoms with E-state index in [0.29, 0.717) is 26.3 Å². The van der Waals surface area contributed by atoms with Gasteiger partial charge in [0, 0.05) is 13.1 Å². The number of halogens is 1. The summed E-state index contributed by atoms with van der Waals surface area (Å²) in [6.07, 6.45) is 0. The van der Waals surface area contributed by atoms with Gasteiger partial charge in [0.05, 0.1) is 18.9 Å². The molecule has 5 nitrogen and oxygen atoms in total. The zero-order chi connectivity index (χ0) is 13.0. The van der Waals surface area contributed by atoms with Gasteiger partial charge in [0.25, 0.3) is 0 Å². The molecule has 0 aromatic heterocycles. The Kier molecular flexibility index (Phi) is 3.75. The first-order chi connectivity index (χ1) is 8.72. The second-order valence-electron chi connectivity index (χ2n) is 3.80. The van der Waals surface area contributed by atoms with Gasteiger partial charge in [-0.25, -0.2) is 9.18 Å². The number of morpholine rings is 1. The summed E-state index contributed by atoms with van der Waals surface area (Å²) in [5.74, 6) is -0.641. The number of anilines is 1. The Bertz CT molecular complexity index is 493. The van der Waals surface area contributed by atoms with Crippen molar-refractivity contribution < 1.29 is 13.9 Å². The molecule has 1 aromatic rings. The quantitative estimate of drug-likeness (QED) is 0.821. The van der Waals surface area contributed by atoms with Crippen molar-refractivity contribution in [1.29, 1.82) is 5.26 Å². The van der Waals surface area contributed by atoms with E-state index in [-0.39, 0.29) is 17.3 Å². The van der Waals surface area contributed by atoms with Crippen LogP contribution in [0.4, 0.5) is 14.9 Å². The highest BCUT2D eigenvalue weighted by Crippen LogP contribution is 2.18. The molecule has 1 aromatic carbocycles. The van der Waals surface area contributed by atoms with Gasteiger partial charge >= 0.3 is 6.03 Å². The molecule has 0 unspecified atom stereocenters. The first kappa shape index (κ1) is 12.3. The summed E-state index contributed by atoms with van der Waals surface area (Å²) in [6.45, 7) is 1.95. The van der Waals surface area contributed by atoms with E-state index >= 15 is 0 Å². The predicted octanol–water partition coefficient (Wildman–Crippen LogP) is 1.56. The van der Waals surface area contributed by atoms with Crippen LogP contribution in [0.15, 0.2) is 18.2 Å². The molecule has 1 aliphatic heterocycles. The van der Waals surface area contributed by atoms with Gasteiger partial charge in [-0.2, -0.15) is 5.26 Å². The normalized spacial score (nSPS) is 15.0. The molecule has 0 radical (unpaired) electrons. The molecule has 1 aliphatic rings. The van der Waals surface area contributed by atoms with Crippen LogP contribution in [0, 0.1) is 17.1 Å². The van der Waals surface area contributed by atoms with Crippen LogP contribution in [0.5, 0.6) is 0 Å². The molecule has 94 valence electrons. The van der Waals surface area contributed by atoms with E-state index in [1.54, 1.807) is 11.0 Å². The van der Waals surface area contributed by atoms with E-state index in [4.69, 9.17) is 10.00 Å². The molecule has 1 saturated heterocycles. The van der Waals surface area contributed by atoms with E-state index in [1.807, 2.05) is 0 Å². The maximum Gasteiger partial charge on any atom is 0.322 e. The van der Waals surface area contributed by atoms with Gasteiger partial charge in [-0.05, 0) is 12.1 Å². The van der Waals surface area contributed by atoms with E-state index in [9.17, 15) is 9.18 Å². The van der Waals surface area contributed by atoms with Crippen LogP contribution in [-0.4, -0.2) is 37.2 Å². The van der Waals surface area contributed by atoms with Gasteiger partial charge in [-0.15, -0.1) is 0 Å². The summed E-state index contributed by atoms with van der Waals surface area (Å²) in [7, 11) is 0. The minimum atomic E-state index is -0.641. The molecule has 0 bridgehead atoms. The number of carbonyl (C=O) groups is 1. The summed E-state index contributed by atoms with van der Waals surface area (Å²) in [5.41, 5.74) is 0.0353. The summed E-state index contributed by atoms with van der Waals surface area (Å²) < 4.78 is 18.5. The lowest BCUT2D eigenvalue weighted by Gasteiger charge is -2.27. The van der Waals surface area contributed by atoms with E-state index in [2.05, 4.69) is 5.32 Å². The summed E-state index contributed by atoms with van der Waals surface area (Å²) in [5, 5.41) is 11.4. The highest BCUT2D eigenvalue weighted by molar-refractivity contribution is 5.90. The van der Waals surface area contributed by atoms with E-state index in [0.717, 1.165) is 0 Å². The highest BCUT2D eigenvalue weighted by atomic mass is 19.1. The van der Waals surface area contributed by atoms with Gasteiger partial charge in [-0.3, -0.25) is 0 Å². The fourth-order valence-corrected chi connectivity index (χ4v) is 1.70. The Morgan fingerprint density at radius 3 is 2.83 bits per heavy atom. The van der Waals surface area contributed by atoms with Crippen molar-refractivity contribution >= 4 is 11.7 Å². The Morgan fingerprint density at radius 1 is 1.44 bits per heavy atom. The molecule has 18 heavy (non-hydrogen) atoms. The molecule has 1 heterocycles. The number of rotatable bonds is 1. The predicted molar refractivity (Wildman–Crippen MR) is 62.5 cm³/mol. The minimum absolute atomic E-state index is 0.154.